The molecule has 3 aromatic rings. The molecule has 0 atom stereocenters. The van der Waals surface area contributed by atoms with E-state index in [9.17, 15) is 22.4 Å². The normalized spacial score (nSPS) is 11.6. The van der Waals surface area contributed by atoms with E-state index in [1.54, 1.807) is 12.1 Å². The molecule has 0 fully saturated rings. The number of carbonyl (C=O) groups is 1. The average Bonchev–Trinajstić information content (AvgIpc) is 3.05. The van der Waals surface area contributed by atoms with E-state index in [-0.39, 0.29) is 19.0 Å². The lowest BCUT2D eigenvalue weighted by atomic mass is 10.1. The number of hydrogen-bond acceptors (Lipinski definition) is 5. The molecule has 29 heavy (non-hydrogen) atoms. The maximum Gasteiger partial charge on any atom is 0.422 e. The van der Waals surface area contributed by atoms with Crippen molar-refractivity contribution >= 4 is 27.3 Å². The highest BCUT2D eigenvalue weighted by atomic mass is 32.1. The van der Waals surface area contributed by atoms with Gasteiger partial charge in [-0.05, 0) is 17.7 Å². The maximum absolute atomic E-state index is 14.2. The molecule has 1 amide bonds. The Kier molecular flexibility index (Phi) is 6.33. The monoisotopic (exact) mass is 428 g/mol. The number of fused-ring (bicyclic) bond motifs is 1. The second-order valence-corrected chi connectivity index (χ2v) is 7.10. The Bertz CT molecular complexity index is 1000. The van der Waals surface area contributed by atoms with Crippen molar-refractivity contribution in [2.24, 2.45) is 0 Å². The van der Waals surface area contributed by atoms with Crippen LogP contribution in [0.25, 0.3) is 10.1 Å². The second kappa shape index (κ2) is 8.75. The number of thiophene rings is 1. The van der Waals surface area contributed by atoms with Gasteiger partial charge in [0.05, 0.1) is 11.5 Å². The Morgan fingerprint density at radius 1 is 1.24 bits per heavy atom. The van der Waals surface area contributed by atoms with E-state index in [0.29, 0.717) is 26.1 Å². The van der Waals surface area contributed by atoms with Gasteiger partial charge in [0, 0.05) is 41.6 Å². The molecule has 0 unspecified atom stereocenters. The Morgan fingerprint density at radius 2 is 2.03 bits per heavy atom. The molecule has 3 rings (SSSR count). The van der Waals surface area contributed by atoms with Gasteiger partial charge in [0.15, 0.2) is 6.61 Å². The fourth-order valence-corrected chi connectivity index (χ4v) is 3.79. The Balaban J connectivity index is 1.69. The topological polar surface area (TPSA) is 60.5 Å². The SMILES string of the molecule is COCc1c(C(=O)NCc2ccc(OCC(F)(F)F)nc2)sc2cccc(F)c12. The van der Waals surface area contributed by atoms with Crippen molar-refractivity contribution in [3.8, 4) is 5.88 Å². The number of carbonyl (C=O) groups excluding carboxylic acids is 1. The van der Waals surface area contributed by atoms with Crippen molar-refractivity contribution in [2.45, 2.75) is 19.3 Å². The molecule has 0 aliphatic carbocycles. The molecule has 5 nitrogen and oxygen atoms in total. The predicted octanol–water partition coefficient (Wildman–Crippen LogP) is 4.45. The molecule has 154 valence electrons. The first-order valence-electron chi connectivity index (χ1n) is 8.40. The van der Waals surface area contributed by atoms with Gasteiger partial charge < -0.3 is 14.8 Å². The molecule has 0 radical (unpaired) electrons. The molecule has 0 aliphatic heterocycles. The zero-order valence-corrected chi connectivity index (χ0v) is 16.0. The van der Waals surface area contributed by atoms with Crippen molar-refractivity contribution in [2.75, 3.05) is 13.7 Å². The smallest absolute Gasteiger partial charge is 0.422 e. The van der Waals surface area contributed by atoms with Crippen LogP contribution in [0, 0.1) is 5.82 Å². The van der Waals surface area contributed by atoms with Gasteiger partial charge in [-0.2, -0.15) is 13.2 Å². The number of rotatable bonds is 7. The van der Waals surface area contributed by atoms with Crippen molar-refractivity contribution in [3.63, 3.8) is 0 Å². The predicted molar refractivity (Wildman–Crippen MR) is 99.5 cm³/mol. The van der Waals surface area contributed by atoms with Crippen molar-refractivity contribution < 1.29 is 31.8 Å². The number of hydrogen-bond donors (Lipinski definition) is 1. The third-order valence-electron chi connectivity index (χ3n) is 3.89. The summed E-state index contributed by atoms with van der Waals surface area (Å²) < 4.78 is 60.9. The van der Waals surface area contributed by atoms with Crippen LogP contribution in [-0.2, 0) is 17.9 Å². The molecule has 2 aromatic heterocycles. The third-order valence-corrected chi connectivity index (χ3v) is 5.09. The molecular weight excluding hydrogens is 412 g/mol. The van der Waals surface area contributed by atoms with E-state index < -0.39 is 24.5 Å². The molecular formula is C19H16F4N2O3S. The molecule has 0 aliphatic rings. The number of alkyl halides is 3. The van der Waals surface area contributed by atoms with E-state index in [2.05, 4.69) is 15.0 Å². The van der Waals surface area contributed by atoms with Crippen LogP contribution in [0.2, 0.25) is 0 Å². The summed E-state index contributed by atoms with van der Waals surface area (Å²) in [6, 6.07) is 7.41. The molecule has 0 spiro atoms. The standard InChI is InChI=1S/C19H16F4N2O3S/c1-27-9-12-16-13(20)3-2-4-14(16)29-17(12)18(26)25-8-11-5-6-15(24-7-11)28-10-19(21,22)23/h2-7H,8-10H2,1H3,(H,25,26). The molecule has 0 saturated carbocycles. The summed E-state index contributed by atoms with van der Waals surface area (Å²) in [5.41, 5.74) is 1.04. The lowest BCUT2D eigenvalue weighted by Crippen LogP contribution is -2.23. The van der Waals surface area contributed by atoms with Gasteiger partial charge in [-0.1, -0.05) is 12.1 Å². The van der Waals surface area contributed by atoms with Crippen LogP contribution >= 0.6 is 11.3 Å². The van der Waals surface area contributed by atoms with E-state index >= 15 is 0 Å². The minimum atomic E-state index is -4.45. The number of nitrogens with zero attached hydrogens (tertiary/aromatic N) is 1. The largest absolute Gasteiger partial charge is 0.468 e. The highest BCUT2D eigenvalue weighted by molar-refractivity contribution is 7.21. The molecule has 0 saturated heterocycles. The van der Waals surface area contributed by atoms with E-state index in [1.165, 1.54) is 31.5 Å². The molecule has 1 N–H and O–H groups in total. The summed E-state index contributed by atoms with van der Waals surface area (Å²) in [6.07, 6.45) is -3.13. The minimum absolute atomic E-state index is 0.0798. The summed E-state index contributed by atoms with van der Waals surface area (Å²) in [5, 5.41) is 3.06. The first-order chi connectivity index (χ1) is 13.8. The molecule has 2 heterocycles. The number of ether oxygens (including phenoxy) is 2. The zero-order valence-electron chi connectivity index (χ0n) is 15.2. The van der Waals surface area contributed by atoms with Gasteiger partial charge in [0.2, 0.25) is 5.88 Å². The molecule has 1 aromatic carbocycles. The molecule has 10 heteroatoms. The van der Waals surface area contributed by atoms with E-state index in [4.69, 9.17) is 4.74 Å². The summed E-state index contributed by atoms with van der Waals surface area (Å²) >= 11 is 1.16. The van der Waals surface area contributed by atoms with Crippen molar-refractivity contribution in [3.05, 3.63) is 58.3 Å². The first-order valence-corrected chi connectivity index (χ1v) is 9.21. The average molecular weight is 428 g/mol. The molecule has 0 bridgehead atoms. The number of aromatic nitrogens is 1. The zero-order chi connectivity index (χ0) is 21.0. The highest BCUT2D eigenvalue weighted by Crippen LogP contribution is 2.33. The lowest BCUT2D eigenvalue weighted by molar-refractivity contribution is -0.154. The van der Waals surface area contributed by atoms with Crippen LogP contribution in [0.1, 0.15) is 20.8 Å². The van der Waals surface area contributed by atoms with Crippen molar-refractivity contribution in [1.82, 2.24) is 10.3 Å². The van der Waals surface area contributed by atoms with Crippen molar-refractivity contribution in [1.29, 1.82) is 0 Å². The lowest BCUT2D eigenvalue weighted by Gasteiger charge is -2.09. The number of methoxy groups -OCH3 is 1. The fraction of sp³-hybridized carbons (Fsp3) is 0.263. The minimum Gasteiger partial charge on any atom is -0.468 e. The van der Waals surface area contributed by atoms with Gasteiger partial charge in [-0.15, -0.1) is 11.3 Å². The number of pyridine rings is 1. The van der Waals surface area contributed by atoms with Gasteiger partial charge in [-0.3, -0.25) is 4.79 Å². The van der Waals surface area contributed by atoms with Crippen LogP contribution in [0.3, 0.4) is 0 Å². The van der Waals surface area contributed by atoms with Crippen LogP contribution < -0.4 is 10.1 Å². The van der Waals surface area contributed by atoms with E-state index in [0.717, 1.165) is 11.3 Å². The van der Waals surface area contributed by atoms with Crippen LogP contribution in [0.15, 0.2) is 36.5 Å². The number of nitrogens with one attached hydrogen (secondary N) is 1. The number of benzene rings is 1. The third kappa shape index (κ3) is 5.21. The summed E-state index contributed by atoms with van der Waals surface area (Å²) in [7, 11) is 1.46. The Morgan fingerprint density at radius 3 is 2.69 bits per heavy atom. The number of amides is 1. The summed E-state index contributed by atoms with van der Waals surface area (Å²) in [6.45, 7) is -1.26. The Hall–Kier alpha value is -2.72. The quantitative estimate of drug-likeness (QED) is 0.565. The van der Waals surface area contributed by atoms with Crippen LogP contribution in [0.5, 0.6) is 5.88 Å². The van der Waals surface area contributed by atoms with Gasteiger partial charge in [0.25, 0.3) is 5.91 Å². The first kappa shape index (κ1) is 21.0. The van der Waals surface area contributed by atoms with Crippen LogP contribution in [-0.4, -0.2) is 30.8 Å². The Labute approximate surface area is 167 Å². The fourth-order valence-electron chi connectivity index (χ4n) is 2.65. The summed E-state index contributed by atoms with van der Waals surface area (Å²) in [4.78, 5) is 16.7. The second-order valence-electron chi connectivity index (χ2n) is 6.05. The number of halogens is 4. The van der Waals surface area contributed by atoms with E-state index in [1.807, 2.05) is 0 Å². The van der Waals surface area contributed by atoms with Gasteiger partial charge >= 0.3 is 6.18 Å². The highest BCUT2D eigenvalue weighted by Gasteiger charge is 2.28. The summed E-state index contributed by atoms with van der Waals surface area (Å²) in [5.74, 6) is -1.00. The van der Waals surface area contributed by atoms with Crippen LogP contribution in [0.4, 0.5) is 17.6 Å². The van der Waals surface area contributed by atoms with Gasteiger partial charge in [-0.25, -0.2) is 9.37 Å². The maximum atomic E-state index is 14.2. The van der Waals surface area contributed by atoms with Gasteiger partial charge in [0.1, 0.15) is 5.82 Å².